The summed E-state index contributed by atoms with van der Waals surface area (Å²) in [6.45, 7) is 4.94. The van der Waals surface area contributed by atoms with Crippen molar-refractivity contribution < 1.29 is 14.6 Å². The van der Waals surface area contributed by atoms with Crippen molar-refractivity contribution in [3.8, 4) is 0 Å². The van der Waals surface area contributed by atoms with Gasteiger partial charge in [-0.2, -0.15) is 0 Å². The van der Waals surface area contributed by atoms with Crippen LogP contribution in [0.2, 0.25) is 0 Å². The minimum Gasteiger partial charge on any atom is -0.478 e. The van der Waals surface area contributed by atoms with Crippen LogP contribution in [0.15, 0.2) is 17.7 Å². The molecule has 2 heterocycles. The van der Waals surface area contributed by atoms with Gasteiger partial charge in [0.2, 0.25) is 0 Å². The van der Waals surface area contributed by atoms with E-state index in [1.165, 1.54) is 5.00 Å². The van der Waals surface area contributed by atoms with E-state index in [0.717, 1.165) is 31.2 Å². The largest absolute Gasteiger partial charge is 0.478 e. The summed E-state index contributed by atoms with van der Waals surface area (Å²) in [4.78, 5) is 14.0. The third kappa shape index (κ3) is 3.08. The zero-order valence-electron chi connectivity index (χ0n) is 9.68. The number of aliphatic carboxylic acids is 1. The van der Waals surface area contributed by atoms with E-state index < -0.39 is 5.97 Å². The topological polar surface area (TPSA) is 49.8 Å². The van der Waals surface area contributed by atoms with E-state index >= 15 is 0 Å². The van der Waals surface area contributed by atoms with E-state index in [4.69, 9.17) is 9.84 Å². The number of carbonyl (C=O) groups is 1. The second-order valence-electron chi connectivity index (χ2n) is 3.91. The highest BCUT2D eigenvalue weighted by Crippen LogP contribution is 2.28. The van der Waals surface area contributed by atoms with E-state index in [1.54, 1.807) is 24.3 Å². The first-order valence-electron chi connectivity index (χ1n) is 5.51. The molecule has 92 valence electrons. The lowest BCUT2D eigenvalue weighted by molar-refractivity contribution is -0.132. The predicted octanol–water partition coefficient (Wildman–Crippen LogP) is 2.07. The summed E-state index contributed by atoms with van der Waals surface area (Å²) in [5.74, 6) is -0.869. The summed E-state index contributed by atoms with van der Waals surface area (Å²) in [6, 6.07) is 4.00. The van der Waals surface area contributed by atoms with Gasteiger partial charge in [0.1, 0.15) is 0 Å². The van der Waals surface area contributed by atoms with Gasteiger partial charge in [0.05, 0.1) is 18.2 Å². The van der Waals surface area contributed by atoms with Crippen LogP contribution in [0.5, 0.6) is 0 Å². The van der Waals surface area contributed by atoms with Gasteiger partial charge in [-0.15, -0.1) is 11.3 Å². The monoisotopic (exact) mass is 253 g/mol. The Labute approximate surface area is 104 Å². The summed E-state index contributed by atoms with van der Waals surface area (Å²) >= 11 is 1.62. The maximum absolute atomic E-state index is 10.7. The summed E-state index contributed by atoms with van der Waals surface area (Å²) in [5.41, 5.74) is 0.361. The predicted molar refractivity (Wildman–Crippen MR) is 68.6 cm³/mol. The molecule has 5 heteroatoms. The van der Waals surface area contributed by atoms with Crippen LogP contribution in [0.25, 0.3) is 6.08 Å². The molecule has 1 N–H and O–H groups in total. The SMILES string of the molecule is CC(=Cc1ccc(N2CCOCC2)s1)C(=O)O. The van der Waals surface area contributed by atoms with Gasteiger partial charge in [-0.25, -0.2) is 4.79 Å². The highest BCUT2D eigenvalue weighted by Gasteiger charge is 2.12. The fourth-order valence-electron chi connectivity index (χ4n) is 1.65. The Bertz CT molecular complexity index is 433. The summed E-state index contributed by atoms with van der Waals surface area (Å²) in [6.07, 6.45) is 1.71. The van der Waals surface area contributed by atoms with Gasteiger partial charge in [0, 0.05) is 23.5 Å². The van der Waals surface area contributed by atoms with Crippen molar-refractivity contribution in [1.29, 1.82) is 0 Å². The molecule has 0 spiro atoms. The number of carboxylic acids is 1. The molecule has 0 saturated carbocycles. The number of carboxylic acid groups (broad SMARTS) is 1. The maximum Gasteiger partial charge on any atom is 0.331 e. The first kappa shape index (κ1) is 12.1. The Morgan fingerprint density at radius 1 is 1.47 bits per heavy atom. The van der Waals surface area contributed by atoms with Crippen molar-refractivity contribution in [3.05, 3.63) is 22.6 Å². The van der Waals surface area contributed by atoms with E-state index in [0.29, 0.717) is 5.57 Å². The lowest BCUT2D eigenvalue weighted by Crippen LogP contribution is -2.35. The third-order valence-electron chi connectivity index (χ3n) is 2.63. The molecule has 2 rings (SSSR count). The minimum atomic E-state index is -0.869. The van der Waals surface area contributed by atoms with Crippen LogP contribution in [0.1, 0.15) is 11.8 Å². The van der Waals surface area contributed by atoms with Crippen molar-refractivity contribution in [2.45, 2.75) is 6.92 Å². The molecule has 1 aromatic rings. The normalized spacial score (nSPS) is 17.2. The first-order valence-corrected chi connectivity index (χ1v) is 6.32. The van der Waals surface area contributed by atoms with Gasteiger partial charge in [-0.3, -0.25) is 0 Å². The number of thiophene rings is 1. The van der Waals surface area contributed by atoms with Crippen LogP contribution in [-0.4, -0.2) is 37.4 Å². The summed E-state index contributed by atoms with van der Waals surface area (Å²) < 4.78 is 5.30. The Kier molecular flexibility index (Phi) is 3.81. The fraction of sp³-hybridized carbons (Fsp3) is 0.417. The molecule has 1 saturated heterocycles. The molecule has 1 aliphatic rings. The van der Waals surface area contributed by atoms with E-state index in [-0.39, 0.29) is 0 Å². The average Bonchev–Trinajstić information content (AvgIpc) is 2.78. The first-order chi connectivity index (χ1) is 8.16. The molecule has 17 heavy (non-hydrogen) atoms. The van der Waals surface area contributed by atoms with Crippen molar-refractivity contribution in [2.24, 2.45) is 0 Å². The lowest BCUT2D eigenvalue weighted by Gasteiger charge is -2.27. The van der Waals surface area contributed by atoms with Crippen LogP contribution in [-0.2, 0) is 9.53 Å². The van der Waals surface area contributed by atoms with Crippen molar-refractivity contribution in [2.75, 3.05) is 31.2 Å². The minimum absolute atomic E-state index is 0.361. The van der Waals surface area contributed by atoms with Gasteiger partial charge in [0.15, 0.2) is 0 Å². The molecule has 0 amide bonds. The quantitative estimate of drug-likeness (QED) is 0.838. The smallest absolute Gasteiger partial charge is 0.331 e. The average molecular weight is 253 g/mol. The zero-order valence-corrected chi connectivity index (χ0v) is 10.5. The van der Waals surface area contributed by atoms with Gasteiger partial charge in [-0.1, -0.05) is 0 Å². The van der Waals surface area contributed by atoms with Crippen LogP contribution in [0.3, 0.4) is 0 Å². The number of rotatable bonds is 3. The molecule has 1 aliphatic heterocycles. The number of ether oxygens (including phenoxy) is 1. The Hall–Kier alpha value is -1.33. The second kappa shape index (κ2) is 5.33. The van der Waals surface area contributed by atoms with Gasteiger partial charge < -0.3 is 14.7 Å². The lowest BCUT2D eigenvalue weighted by atomic mass is 10.2. The molecule has 0 atom stereocenters. The molecule has 0 aliphatic carbocycles. The van der Waals surface area contributed by atoms with Crippen molar-refractivity contribution in [1.82, 2.24) is 0 Å². The highest BCUT2D eigenvalue weighted by atomic mass is 32.1. The van der Waals surface area contributed by atoms with Gasteiger partial charge >= 0.3 is 5.97 Å². The highest BCUT2D eigenvalue weighted by molar-refractivity contribution is 7.16. The van der Waals surface area contributed by atoms with E-state index in [1.807, 2.05) is 12.1 Å². The third-order valence-corrected chi connectivity index (χ3v) is 3.72. The van der Waals surface area contributed by atoms with E-state index in [2.05, 4.69) is 4.90 Å². The Morgan fingerprint density at radius 2 is 2.18 bits per heavy atom. The number of hydrogen-bond donors (Lipinski definition) is 1. The zero-order chi connectivity index (χ0) is 12.3. The van der Waals surface area contributed by atoms with Crippen LogP contribution in [0, 0.1) is 0 Å². The fourth-order valence-corrected chi connectivity index (χ4v) is 2.71. The molecule has 4 nitrogen and oxygen atoms in total. The molecule has 0 bridgehead atoms. The maximum atomic E-state index is 10.7. The number of nitrogens with zero attached hydrogens (tertiary/aromatic N) is 1. The molecular formula is C12H15NO3S. The Balaban J connectivity index is 2.10. The number of anilines is 1. The molecule has 0 radical (unpaired) electrons. The molecule has 0 aromatic carbocycles. The van der Waals surface area contributed by atoms with Crippen molar-refractivity contribution in [3.63, 3.8) is 0 Å². The second-order valence-corrected chi connectivity index (χ2v) is 5.00. The number of morpholine rings is 1. The summed E-state index contributed by atoms with van der Waals surface area (Å²) in [5, 5.41) is 9.99. The summed E-state index contributed by atoms with van der Waals surface area (Å²) in [7, 11) is 0. The molecule has 1 aromatic heterocycles. The van der Waals surface area contributed by atoms with Gasteiger partial charge in [0.25, 0.3) is 0 Å². The Morgan fingerprint density at radius 3 is 2.82 bits per heavy atom. The number of hydrogen-bond acceptors (Lipinski definition) is 4. The van der Waals surface area contributed by atoms with E-state index in [9.17, 15) is 4.79 Å². The molecule has 1 fully saturated rings. The van der Waals surface area contributed by atoms with Crippen LogP contribution >= 0.6 is 11.3 Å². The molecule has 0 unspecified atom stereocenters. The van der Waals surface area contributed by atoms with Crippen LogP contribution in [0.4, 0.5) is 5.00 Å². The van der Waals surface area contributed by atoms with Gasteiger partial charge in [-0.05, 0) is 25.1 Å². The standard InChI is InChI=1S/C12H15NO3S/c1-9(12(14)15)8-10-2-3-11(17-10)13-4-6-16-7-5-13/h2-3,8H,4-7H2,1H3,(H,14,15). The van der Waals surface area contributed by atoms with Crippen molar-refractivity contribution >= 4 is 28.4 Å². The molecular weight excluding hydrogens is 238 g/mol. The van der Waals surface area contributed by atoms with Crippen LogP contribution < -0.4 is 4.90 Å².